The lowest BCUT2D eigenvalue weighted by molar-refractivity contribution is -0.122. The van der Waals surface area contributed by atoms with Gasteiger partial charge in [0.05, 0.1) is 4.91 Å². The molecule has 166 valence electrons. The first kappa shape index (κ1) is 23.6. The fourth-order valence-corrected chi connectivity index (χ4v) is 5.49. The van der Waals surface area contributed by atoms with Gasteiger partial charge in [0.2, 0.25) is 0 Å². The molecule has 0 unspecified atom stereocenters. The van der Waals surface area contributed by atoms with Gasteiger partial charge in [-0.25, -0.2) is 0 Å². The largest absolute Gasteiger partial charge is 0.357 e. The molecule has 31 heavy (non-hydrogen) atoms. The molecule has 2 aliphatic rings. The van der Waals surface area contributed by atoms with E-state index in [0.717, 1.165) is 50.2 Å². The third kappa shape index (κ3) is 4.73. The highest BCUT2D eigenvalue weighted by atomic mass is 32.2. The van der Waals surface area contributed by atoms with Crippen molar-refractivity contribution in [3.05, 3.63) is 31.9 Å². The Bertz CT molecular complexity index is 998. The van der Waals surface area contributed by atoms with Crippen LogP contribution in [0.25, 0.3) is 6.08 Å². The zero-order valence-corrected chi connectivity index (χ0v) is 20.2. The van der Waals surface area contributed by atoms with E-state index in [0.29, 0.717) is 27.9 Å². The number of unbranched alkanes of at least 4 members (excludes halogenated alkanes) is 1. The molecule has 0 aliphatic carbocycles. The molecule has 2 fully saturated rings. The highest BCUT2D eigenvalue weighted by molar-refractivity contribution is 8.26. The van der Waals surface area contributed by atoms with Gasteiger partial charge >= 0.3 is 0 Å². The molecule has 0 atom stereocenters. The number of carbonyl (C=O) groups is 1. The van der Waals surface area contributed by atoms with E-state index in [2.05, 4.69) is 17.9 Å². The molecule has 1 amide bonds. The Balaban J connectivity index is 2.18. The number of hydrogen-bond acceptors (Lipinski definition) is 6. The van der Waals surface area contributed by atoms with Crippen molar-refractivity contribution in [1.82, 2.24) is 9.47 Å². The number of thiocarbonyl (C=S) groups is 1. The van der Waals surface area contributed by atoms with Crippen molar-refractivity contribution in [1.29, 1.82) is 5.26 Å². The topological polar surface area (TPSA) is 69.3 Å². The SMILES string of the molecule is CCCCN1C(=O)/C(=C\c2c(C)c(C#N)c(=O)n(CC)c2N2CCCCCC2)SC1=S. The average molecular weight is 459 g/mol. The Morgan fingerprint density at radius 1 is 1.16 bits per heavy atom. The van der Waals surface area contributed by atoms with Gasteiger partial charge in [-0.1, -0.05) is 50.2 Å². The number of nitrogens with zero attached hydrogens (tertiary/aromatic N) is 4. The number of carbonyl (C=O) groups excluding carboxylic acids is 1. The fourth-order valence-electron chi connectivity index (χ4n) is 4.20. The van der Waals surface area contributed by atoms with Gasteiger partial charge in [0, 0.05) is 31.7 Å². The number of hydrogen-bond donors (Lipinski definition) is 0. The smallest absolute Gasteiger partial charge is 0.270 e. The molecule has 0 saturated carbocycles. The molecule has 8 heteroatoms. The first-order valence-electron chi connectivity index (χ1n) is 11.1. The summed E-state index contributed by atoms with van der Waals surface area (Å²) in [6.07, 6.45) is 8.22. The third-order valence-electron chi connectivity index (χ3n) is 5.95. The van der Waals surface area contributed by atoms with E-state index in [4.69, 9.17) is 12.2 Å². The minimum absolute atomic E-state index is 0.0857. The zero-order chi connectivity index (χ0) is 22.5. The first-order valence-corrected chi connectivity index (χ1v) is 12.3. The van der Waals surface area contributed by atoms with Gasteiger partial charge < -0.3 is 4.90 Å². The summed E-state index contributed by atoms with van der Waals surface area (Å²) < 4.78 is 2.27. The summed E-state index contributed by atoms with van der Waals surface area (Å²) in [5.74, 6) is 0.738. The van der Waals surface area contributed by atoms with E-state index < -0.39 is 0 Å². The summed E-state index contributed by atoms with van der Waals surface area (Å²) in [6, 6.07) is 2.09. The lowest BCUT2D eigenvalue weighted by Gasteiger charge is -2.29. The van der Waals surface area contributed by atoms with Crippen molar-refractivity contribution >= 4 is 46.1 Å². The van der Waals surface area contributed by atoms with Crippen molar-refractivity contribution in [3.8, 4) is 6.07 Å². The van der Waals surface area contributed by atoms with Crippen molar-refractivity contribution in [2.24, 2.45) is 0 Å². The van der Waals surface area contributed by atoms with Gasteiger partial charge in [0.15, 0.2) is 0 Å². The number of aromatic nitrogens is 1. The second-order valence-corrected chi connectivity index (χ2v) is 9.66. The van der Waals surface area contributed by atoms with Crippen LogP contribution >= 0.6 is 24.0 Å². The predicted octanol–water partition coefficient (Wildman–Crippen LogP) is 4.43. The summed E-state index contributed by atoms with van der Waals surface area (Å²) >= 11 is 6.77. The zero-order valence-electron chi connectivity index (χ0n) is 18.6. The van der Waals surface area contributed by atoms with Crippen LogP contribution in [0.1, 0.15) is 69.1 Å². The van der Waals surface area contributed by atoms with Crippen molar-refractivity contribution in [3.63, 3.8) is 0 Å². The van der Waals surface area contributed by atoms with Crippen LogP contribution in [-0.2, 0) is 11.3 Å². The molecule has 0 bridgehead atoms. The van der Waals surface area contributed by atoms with E-state index in [9.17, 15) is 14.9 Å². The van der Waals surface area contributed by atoms with Crippen LogP contribution in [0.15, 0.2) is 9.70 Å². The van der Waals surface area contributed by atoms with E-state index in [1.165, 1.54) is 24.6 Å². The quantitative estimate of drug-likeness (QED) is 0.464. The maximum absolute atomic E-state index is 13.1. The first-order chi connectivity index (χ1) is 14.9. The Morgan fingerprint density at radius 2 is 1.84 bits per heavy atom. The number of amides is 1. The standard InChI is InChI=1S/C23H30N4O2S2/c1-4-6-13-27-22(29)19(31-23(27)30)14-17-16(3)18(15-24)21(28)26(5-2)20(17)25-11-9-7-8-10-12-25/h14H,4-13H2,1-3H3/b19-14+. The summed E-state index contributed by atoms with van der Waals surface area (Å²) in [4.78, 5) is 30.6. The molecule has 2 aliphatic heterocycles. The van der Waals surface area contributed by atoms with Crippen LogP contribution < -0.4 is 10.5 Å². The van der Waals surface area contributed by atoms with Gasteiger partial charge in [-0.05, 0) is 44.7 Å². The van der Waals surface area contributed by atoms with Crippen LogP contribution in [0.4, 0.5) is 5.82 Å². The summed E-state index contributed by atoms with van der Waals surface area (Å²) in [7, 11) is 0. The molecular formula is C23H30N4O2S2. The van der Waals surface area contributed by atoms with Crippen LogP contribution in [0, 0.1) is 18.3 Å². The minimum Gasteiger partial charge on any atom is -0.357 e. The molecule has 6 nitrogen and oxygen atoms in total. The van der Waals surface area contributed by atoms with Crippen LogP contribution in [0.2, 0.25) is 0 Å². The summed E-state index contributed by atoms with van der Waals surface area (Å²) in [6.45, 7) is 8.64. The summed E-state index contributed by atoms with van der Waals surface area (Å²) in [5, 5.41) is 9.69. The summed E-state index contributed by atoms with van der Waals surface area (Å²) in [5.41, 5.74) is 1.31. The molecule has 1 aromatic rings. The van der Waals surface area contributed by atoms with Crippen molar-refractivity contribution in [2.45, 2.75) is 65.8 Å². The van der Waals surface area contributed by atoms with Crippen LogP contribution in [0.3, 0.4) is 0 Å². The van der Waals surface area contributed by atoms with Gasteiger partial charge in [0.1, 0.15) is 21.8 Å². The van der Waals surface area contributed by atoms with Gasteiger partial charge in [-0.15, -0.1) is 0 Å². The van der Waals surface area contributed by atoms with Crippen LogP contribution in [0.5, 0.6) is 0 Å². The highest BCUT2D eigenvalue weighted by Crippen LogP contribution is 2.36. The molecular weight excluding hydrogens is 428 g/mol. The van der Waals surface area contributed by atoms with Gasteiger partial charge in [-0.3, -0.25) is 19.1 Å². The van der Waals surface area contributed by atoms with Gasteiger partial charge in [-0.2, -0.15) is 5.26 Å². The highest BCUT2D eigenvalue weighted by Gasteiger charge is 2.32. The number of pyridine rings is 1. The second kappa shape index (κ2) is 10.5. The number of rotatable bonds is 6. The normalized spacial score (nSPS) is 18.6. The van der Waals surface area contributed by atoms with E-state index >= 15 is 0 Å². The predicted molar refractivity (Wildman–Crippen MR) is 131 cm³/mol. The molecule has 0 radical (unpaired) electrons. The Labute approximate surface area is 193 Å². The Morgan fingerprint density at radius 3 is 2.42 bits per heavy atom. The molecule has 2 saturated heterocycles. The maximum Gasteiger partial charge on any atom is 0.270 e. The molecule has 0 N–H and O–H groups in total. The van der Waals surface area contributed by atoms with E-state index in [1.54, 1.807) is 9.47 Å². The van der Waals surface area contributed by atoms with Crippen molar-refractivity contribution in [2.75, 3.05) is 24.5 Å². The lowest BCUT2D eigenvalue weighted by atomic mass is 10.0. The fraction of sp³-hybridized carbons (Fsp3) is 0.565. The van der Waals surface area contributed by atoms with Gasteiger partial charge in [0.25, 0.3) is 11.5 Å². The monoisotopic (exact) mass is 458 g/mol. The van der Waals surface area contributed by atoms with Crippen molar-refractivity contribution < 1.29 is 4.79 Å². The number of thioether (sulfide) groups is 1. The number of nitriles is 1. The molecule has 0 spiro atoms. The molecule has 1 aromatic heterocycles. The third-order valence-corrected chi connectivity index (χ3v) is 7.33. The minimum atomic E-state index is -0.255. The van der Waals surface area contributed by atoms with E-state index in [1.807, 2.05) is 19.9 Å². The average Bonchev–Trinajstić information content (AvgIpc) is 2.93. The molecule has 0 aromatic carbocycles. The molecule has 3 rings (SSSR count). The lowest BCUT2D eigenvalue weighted by Crippen LogP contribution is -2.35. The van der Waals surface area contributed by atoms with E-state index in [-0.39, 0.29) is 17.0 Å². The second-order valence-electron chi connectivity index (χ2n) is 7.99. The van der Waals surface area contributed by atoms with Crippen LogP contribution in [-0.4, -0.2) is 39.3 Å². The Hall–Kier alpha value is -2.11. The molecule has 3 heterocycles. The maximum atomic E-state index is 13.1. The number of anilines is 1. The Kier molecular flexibility index (Phi) is 7.95.